The highest BCUT2D eigenvalue weighted by molar-refractivity contribution is 7.90. The van der Waals surface area contributed by atoms with E-state index in [2.05, 4.69) is 39.5 Å². The monoisotopic (exact) mass is 689 g/mol. The third-order valence-electron chi connectivity index (χ3n) is 9.03. The molecule has 0 bridgehead atoms. The maximum absolute atomic E-state index is 13.7. The van der Waals surface area contributed by atoms with Gasteiger partial charge in [0.25, 0.3) is 0 Å². The van der Waals surface area contributed by atoms with Crippen LogP contribution in [0, 0.1) is 5.92 Å². The maximum atomic E-state index is 13.7. The standard InChI is InChI=1S/C30H48BN7O7SSi/c1-28(2)29(3,4)45-31(44-28)16-11-14-25-20-38(22-30(25,35-36-32)27(39)43-21-24-12-9-8-10-13-24)46(40,41)34-26-15-17-37(33-26)23-42-18-19-47(5,6)7/h8-10,12-13,15,17,25H,11,14,16,18-23H2,1-7H3,(H,33,34)/t25-,30-/m0/s1. The lowest BCUT2D eigenvalue weighted by atomic mass is 9.78. The first-order valence-electron chi connectivity index (χ1n) is 16.0. The number of hydrogen-bond acceptors (Lipinski definition) is 9. The molecule has 0 spiro atoms. The molecule has 2 aliphatic heterocycles. The third-order valence-corrected chi connectivity index (χ3v) is 12.2. The summed E-state index contributed by atoms with van der Waals surface area (Å²) >= 11 is 0. The van der Waals surface area contributed by atoms with Crippen molar-refractivity contribution in [1.29, 1.82) is 0 Å². The lowest BCUT2D eigenvalue weighted by Gasteiger charge is -2.32. The second-order valence-electron chi connectivity index (χ2n) is 14.5. The van der Waals surface area contributed by atoms with Crippen molar-refractivity contribution in [1.82, 2.24) is 14.1 Å². The van der Waals surface area contributed by atoms with E-state index >= 15 is 0 Å². The van der Waals surface area contributed by atoms with Gasteiger partial charge < -0.3 is 18.8 Å². The van der Waals surface area contributed by atoms with E-state index < -0.39 is 54.0 Å². The molecule has 0 radical (unpaired) electrons. The van der Waals surface area contributed by atoms with Gasteiger partial charge in [-0.1, -0.05) is 61.5 Å². The summed E-state index contributed by atoms with van der Waals surface area (Å²) < 4.78 is 56.1. The number of nitrogens with one attached hydrogen (secondary N) is 1. The predicted molar refractivity (Wildman–Crippen MR) is 182 cm³/mol. The van der Waals surface area contributed by atoms with Crippen molar-refractivity contribution in [2.45, 2.75) is 103 Å². The van der Waals surface area contributed by atoms with Crippen LogP contribution in [0.5, 0.6) is 0 Å². The Hall–Kier alpha value is -2.92. The lowest BCUT2D eigenvalue weighted by Crippen LogP contribution is -2.46. The van der Waals surface area contributed by atoms with E-state index in [0.717, 1.165) is 15.9 Å². The van der Waals surface area contributed by atoms with Crippen LogP contribution in [0.3, 0.4) is 0 Å². The van der Waals surface area contributed by atoms with Gasteiger partial charge in [0, 0.05) is 44.9 Å². The SMILES string of the molecule is CC1(C)OB(CCC[C@H]2CN(S(=O)(=O)Nc3ccn(COCC[Si](C)(C)C)n3)C[C@@]2(N=[N+]=[N-])C(=O)OCc2ccccc2)OC1(C)C. The Bertz CT molecular complexity index is 1510. The number of ether oxygens (including phenoxy) is 2. The number of carbonyl (C=O) groups excluding carboxylic acids is 1. The fraction of sp³-hybridized carbons (Fsp3) is 0.667. The van der Waals surface area contributed by atoms with Gasteiger partial charge in [-0.2, -0.15) is 17.8 Å². The summed E-state index contributed by atoms with van der Waals surface area (Å²) in [6, 6.07) is 11.6. The third kappa shape index (κ3) is 9.37. The van der Waals surface area contributed by atoms with Crippen molar-refractivity contribution < 1.29 is 32.0 Å². The second-order valence-corrected chi connectivity index (χ2v) is 21.8. The van der Waals surface area contributed by atoms with Crippen molar-refractivity contribution in [3.05, 3.63) is 58.6 Å². The molecule has 2 fully saturated rings. The molecular weight excluding hydrogens is 641 g/mol. The average molecular weight is 690 g/mol. The Balaban J connectivity index is 1.48. The van der Waals surface area contributed by atoms with Crippen LogP contribution in [-0.2, 0) is 47.1 Å². The number of azide groups is 1. The summed E-state index contributed by atoms with van der Waals surface area (Å²) in [5.41, 5.74) is 7.60. The minimum absolute atomic E-state index is 0.0501. The zero-order valence-corrected chi connectivity index (χ0v) is 30.3. The number of hydrogen-bond donors (Lipinski definition) is 1. The summed E-state index contributed by atoms with van der Waals surface area (Å²) in [5, 5.41) is 8.25. The molecule has 2 saturated heterocycles. The van der Waals surface area contributed by atoms with Gasteiger partial charge in [0.05, 0.1) is 11.2 Å². The summed E-state index contributed by atoms with van der Waals surface area (Å²) in [6.07, 6.45) is 3.02. The van der Waals surface area contributed by atoms with E-state index in [1.807, 2.05) is 45.9 Å². The molecule has 4 rings (SSSR count). The van der Waals surface area contributed by atoms with Gasteiger partial charge in [0.15, 0.2) is 11.4 Å². The fourth-order valence-electron chi connectivity index (χ4n) is 5.52. The topological polar surface area (TPSA) is 170 Å². The van der Waals surface area contributed by atoms with Crippen molar-refractivity contribution in [2.24, 2.45) is 11.0 Å². The maximum Gasteiger partial charge on any atom is 0.457 e. The van der Waals surface area contributed by atoms with Crippen molar-refractivity contribution in [3.63, 3.8) is 0 Å². The summed E-state index contributed by atoms with van der Waals surface area (Å²) in [7, 11) is -5.91. The molecule has 0 aliphatic carbocycles. The Morgan fingerprint density at radius 1 is 1.17 bits per heavy atom. The van der Waals surface area contributed by atoms with Crippen molar-refractivity contribution >= 4 is 37.2 Å². The zero-order valence-electron chi connectivity index (χ0n) is 28.5. The molecule has 1 aromatic heterocycles. The normalized spacial score (nSPS) is 22.6. The first-order valence-corrected chi connectivity index (χ1v) is 21.1. The summed E-state index contributed by atoms with van der Waals surface area (Å²) in [4.78, 5) is 16.7. The summed E-state index contributed by atoms with van der Waals surface area (Å²) in [6.45, 7) is 15.0. The van der Waals surface area contributed by atoms with Gasteiger partial charge in [-0.25, -0.2) is 4.68 Å². The van der Waals surface area contributed by atoms with Crippen LogP contribution >= 0.6 is 0 Å². The minimum atomic E-state index is -4.21. The van der Waals surface area contributed by atoms with Crippen LogP contribution in [0.1, 0.15) is 46.1 Å². The van der Waals surface area contributed by atoms with E-state index in [1.165, 1.54) is 10.7 Å². The van der Waals surface area contributed by atoms with Crippen molar-refractivity contribution in [3.8, 4) is 0 Å². The molecule has 47 heavy (non-hydrogen) atoms. The Kier molecular flexibility index (Phi) is 11.5. The van der Waals surface area contributed by atoms with Crippen LogP contribution < -0.4 is 4.72 Å². The van der Waals surface area contributed by atoms with Gasteiger partial charge in [-0.05, 0) is 63.5 Å². The van der Waals surface area contributed by atoms with Gasteiger partial charge >= 0.3 is 23.3 Å². The number of benzene rings is 1. The molecule has 2 atom stereocenters. The van der Waals surface area contributed by atoms with Gasteiger partial charge in [0.1, 0.15) is 13.3 Å². The Morgan fingerprint density at radius 2 is 1.85 bits per heavy atom. The molecule has 1 N–H and O–H groups in total. The van der Waals surface area contributed by atoms with Crippen molar-refractivity contribution in [2.75, 3.05) is 24.4 Å². The Labute approximate surface area is 279 Å². The number of carbonyl (C=O) groups is 1. The highest BCUT2D eigenvalue weighted by Crippen LogP contribution is 2.41. The fourth-order valence-corrected chi connectivity index (χ4v) is 7.52. The molecule has 0 amide bonds. The van der Waals surface area contributed by atoms with Gasteiger partial charge in [-0.15, -0.1) is 0 Å². The molecule has 14 nitrogen and oxygen atoms in total. The van der Waals surface area contributed by atoms with E-state index in [9.17, 15) is 18.7 Å². The van der Waals surface area contributed by atoms with E-state index in [4.69, 9.17) is 18.8 Å². The second kappa shape index (κ2) is 14.7. The van der Waals surface area contributed by atoms with Crippen LogP contribution in [0.2, 0.25) is 32.0 Å². The van der Waals surface area contributed by atoms with Gasteiger partial charge in [0.2, 0.25) is 0 Å². The largest absolute Gasteiger partial charge is 0.460 e. The van der Waals surface area contributed by atoms with E-state index in [-0.39, 0.29) is 32.2 Å². The van der Waals surface area contributed by atoms with Crippen LogP contribution in [-0.4, -0.2) is 80.1 Å². The quantitative estimate of drug-likeness (QED) is 0.0606. The zero-order chi connectivity index (χ0) is 34.5. The Morgan fingerprint density at radius 3 is 2.49 bits per heavy atom. The first kappa shape index (κ1) is 36.9. The highest BCUT2D eigenvalue weighted by Gasteiger charge is 2.56. The lowest BCUT2D eigenvalue weighted by molar-refractivity contribution is -0.152. The number of rotatable bonds is 16. The molecule has 0 unspecified atom stereocenters. The number of esters is 1. The summed E-state index contributed by atoms with van der Waals surface area (Å²) in [5.74, 6) is -1.35. The molecule has 0 saturated carbocycles. The first-order chi connectivity index (χ1) is 22.0. The van der Waals surface area contributed by atoms with Crippen LogP contribution in [0.15, 0.2) is 47.7 Å². The predicted octanol–water partition coefficient (Wildman–Crippen LogP) is 5.45. The minimum Gasteiger partial charge on any atom is -0.460 e. The van der Waals surface area contributed by atoms with E-state index in [0.29, 0.717) is 25.8 Å². The highest BCUT2D eigenvalue weighted by atomic mass is 32.2. The number of aromatic nitrogens is 2. The van der Waals surface area contributed by atoms with E-state index in [1.54, 1.807) is 18.3 Å². The number of nitrogens with zero attached hydrogens (tertiary/aromatic N) is 6. The van der Waals surface area contributed by atoms with Crippen LogP contribution in [0.25, 0.3) is 10.4 Å². The van der Waals surface area contributed by atoms with Crippen LogP contribution in [0.4, 0.5) is 5.82 Å². The molecule has 2 aromatic rings. The molecule has 1 aromatic carbocycles. The smallest absolute Gasteiger partial charge is 0.457 e. The molecule has 258 valence electrons. The molecule has 17 heteroatoms. The molecule has 2 aliphatic rings. The molecular formula is C30H48BN7O7SSi. The number of anilines is 1. The van der Waals surface area contributed by atoms with Gasteiger partial charge in [-0.3, -0.25) is 9.52 Å². The molecule has 3 heterocycles. The average Bonchev–Trinajstić information content (AvgIpc) is 3.64.